The molecule has 2 aliphatic heterocycles. The summed E-state index contributed by atoms with van der Waals surface area (Å²) < 4.78 is 5.41. The van der Waals surface area contributed by atoms with Crippen molar-refractivity contribution < 1.29 is 9.66 Å². The van der Waals surface area contributed by atoms with E-state index in [0.717, 1.165) is 63.6 Å². The van der Waals surface area contributed by atoms with E-state index in [1.807, 2.05) is 13.0 Å². The molecule has 0 saturated carbocycles. The van der Waals surface area contributed by atoms with Crippen molar-refractivity contribution in [2.75, 3.05) is 50.8 Å². The molecule has 2 saturated heterocycles. The maximum Gasteiger partial charge on any atom is 0.292 e. The Bertz CT molecular complexity index is 558. The molecule has 6 heteroatoms. The van der Waals surface area contributed by atoms with Gasteiger partial charge < -0.3 is 9.64 Å². The Morgan fingerprint density at radius 2 is 2.09 bits per heavy atom. The number of nitro groups is 1. The van der Waals surface area contributed by atoms with Crippen molar-refractivity contribution in [2.45, 2.75) is 19.8 Å². The van der Waals surface area contributed by atoms with Crippen LogP contribution in [0.25, 0.3) is 0 Å². The maximum absolute atomic E-state index is 11.4. The van der Waals surface area contributed by atoms with Gasteiger partial charge in [-0.2, -0.15) is 0 Å². The molecular formula is C17H25N3O3. The van der Waals surface area contributed by atoms with Gasteiger partial charge in [-0.3, -0.25) is 15.0 Å². The van der Waals surface area contributed by atoms with Crippen LogP contribution in [-0.2, 0) is 4.74 Å². The average Bonchev–Trinajstić information content (AvgIpc) is 2.55. The van der Waals surface area contributed by atoms with Crippen molar-refractivity contribution in [3.8, 4) is 0 Å². The number of benzene rings is 1. The van der Waals surface area contributed by atoms with E-state index in [4.69, 9.17) is 4.74 Å². The summed E-state index contributed by atoms with van der Waals surface area (Å²) in [6.07, 6.45) is 2.30. The van der Waals surface area contributed by atoms with Crippen LogP contribution in [-0.4, -0.2) is 55.8 Å². The quantitative estimate of drug-likeness (QED) is 0.630. The molecule has 3 rings (SSSR count). The molecule has 1 aromatic carbocycles. The van der Waals surface area contributed by atoms with Crippen LogP contribution in [0.15, 0.2) is 18.2 Å². The summed E-state index contributed by atoms with van der Waals surface area (Å²) in [7, 11) is 0. The molecule has 1 unspecified atom stereocenters. The molecule has 0 bridgehead atoms. The van der Waals surface area contributed by atoms with Crippen molar-refractivity contribution in [1.29, 1.82) is 0 Å². The fraction of sp³-hybridized carbons (Fsp3) is 0.647. The first-order valence-corrected chi connectivity index (χ1v) is 8.44. The van der Waals surface area contributed by atoms with Crippen molar-refractivity contribution >= 4 is 11.4 Å². The van der Waals surface area contributed by atoms with Crippen LogP contribution in [0.1, 0.15) is 18.4 Å². The summed E-state index contributed by atoms with van der Waals surface area (Å²) in [6.45, 7) is 8.49. The van der Waals surface area contributed by atoms with Crippen LogP contribution >= 0.6 is 0 Å². The molecule has 126 valence electrons. The van der Waals surface area contributed by atoms with E-state index >= 15 is 0 Å². The van der Waals surface area contributed by atoms with E-state index in [0.29, 0.717) is 5.92 Å². The molecule has 1 atom stereocenters. The van der Waals surface area contributed by atoms with Gasteiger partial charge in [-0.15, -0.1) is 0 Å². The topological polar surface area (TPSA) is 58.9 Å². The second kappa shape index (κ2) is 7.27. The van der Waals surface area contributed by atoms with Crippen LogP contribution < -0.4 is 4.90 Å². The number of aryl methyl sites for hydroxylation is 1. The summed E-state index contributed by atoms with van der Waals surface area (Å²) in [5.74, 6) is 0.570. The summed E-state index contributed by atoms with van der Waals surface area (Å²) >= 11 is 0. The zero-order valence-electron chi connectivity index (χ0n) is 13.7. The van der Waals surface area contributed by atoms with Gasteiger partial charge in [0.1, 0.15) is 5.69 Å². The molecule has 2 heterocycles. The number of rotatable bonds is 4. The highest BCUT2D eigenvalue weighted by Crippen LogP contribution is 2.34. The lowest BCUT2D eigenvalue weighted by molar-refractivity contribution is -0.384. The molecule has 0 radical (unpaired) electrons. The number of ether oxygens (including phenoxy) is 1. The predicted molar refractivity (Wildman–Crippen MR) is 90.0 cm³/mol. The van der Waals surface area contributed by atoms with Crippen molar-refractivity contribution in [2.24, 2.45) is 5.92 Å². The highest BCUT2D eigenvalue weighted by molar-refractivity contribution is 5.67. The lowest BCUT2D eigenvalue weighted by Gasteiger charge is -2.38. The van der Waals surface area contributed by atoms with Gasteiger partial charge in [0, 0.05) is 38.8 Å². The minimum atomic E-state index is -0.256. The number of anilines is 1. The molecule has 0 N–H and O–H groups in total. The number of nitro benzene ring substituents is 1. The minimum Gasteiger partial charge on any atom is -0.379 e. The number of para-hydroxylation sites is 1. The number of piperidine rings is 1. The molecule has 23 heavy (non-hydrogen) atoms. The number of hydrogen-bond donors (Lipinski definition) is 0. The van der Waals surface area contributed by atoms with E-state index < -0.39 is 0 Å². The summed E-state index contributed by atoms with van der Waals surface area (Å²) in [5.41, 5.74) is 2.03. The first-order valence-electron chi connectivity index (χ1n) is 8.44. The first kappa shape index (κ1) is 16.2. The molecule has 0 aromatic heterocycles. The van der Waals surface area contributed by atoms with Crippen molar-refractivity contribution in [1.82, 2.24) is 4.90 Å². The van der Waals surface area contributed by atoms with Crippen LogP contribution in [0.5, 0.6) is 0 Å². The second-order valence-electron chi connectivity index (χ2n) is 6.57. The maximum atomic E-state index is 11.4. The largest absolute Gasteiger partial charge is 0.379 e. The highest BCUT2D eigenvalue weighted by atomic mass is 16.6. The molecule has 6 nitrogen and oxygen atoms in total. The lowest BCUT2D eigenvalue weighted by atomic mass is 9.96. The Morgan fingerprint density at radius 1 is 1.30 bits per heavy atom. The lowest BCUT2D eigenvalue weighted by Crippen LogP contribution is -2.44. The Balaban J connectivity index is 1.72. The van der Waals surface area contributed by atoms with Gasteiger partial charge in [-0.1, -0.05) is 12.1 Å². The van der Waals surface area contributed by atoms with E-state index in [1.54, 1.807) is 12.1 Å². The fourth-order valence-corrected chi connectivity index (χ4v) is 3.77. The van der Waals surface area contributed by atoms with Gasteiger partial charge >= 0.3 is 0 Å². The summed E-state index contributed by atoms with van der Waals surface area (Å²) in [4.78, 5) is 15.8. The monoisotopic (exact) mass is 319 g/mol. The van der Waals surface area contributed by atoms with Crippen LogP contribution in [0.4, 0.5) is 11.4 Å². The number of morpholine rings is 1. The zero-order chi connectivity index (χ0) is 16.2. The standard InChI is InChI=1S/C17H25N3O3/c1-14-4-2-6-16(20(21)22)17(14)19-7-3-5-15(13-19)12-18-8-10-23-11-9-18/h2,4,6,15H,3,5,7-13H2,1H3. The Morgan fingerprint density at radius 3 is 2.83 bits per heavy atom. The van der Waals surface area contributed by atoms with Crippen LogP contribution in [0.2, 0.25) is 0 Å². The summed E-state index contributed by atoms with van der Waals surface area (Å²) in [5, 5.41) is 11.4. The Hall–Kier alpha value is -1.66. The molecule has 2 aliphatic rings. The number of hydrogen-bond acceptors (Lipinski definition) is 5. The van der Waals surface area contributed by atoms with Gasteiger partial charge in [0.15, 0.2) is 0 Å². The van der Waals surface area contributed by atoms with Gasteiger partial charge in [0.05, 0.1) is 18.1 Å². The highest BCUT2D eigenvalue weighted by Gasteiger charge is 2.28. The van der Waals surface area contributed by atoms with E-state index in [-0.39, 0.29) is 10.6 Å². The normalized spacial score (nSPS) is 23.0. The third kappa shape index (κ3) is 3.82. The Labute approximate surface area is 137 Å². The minimum absolute atomic E-state index is 0.233. The zero-order valence-corrected chi connectivity index (χ0v) is 13.7. The molecule has 0 aliphatic carbocycles. The van der Waals surface area contributed by atoms with E-state index in [9.17, 15) is 10.1 Å². The van der Waals surface area contributed by atoms with E-state index in [1.165, 1.54) is 6.42 Å². The van der Waals surface area contributed by atoms with Crippen molar-refractivity contribution in [3.63, 3.8) is 0 Å². The second-order valence-corrected chi connectivity index (χ2v) is 6.57. The van der Waals surface area contributed by atoms with Gasteiger partial charge in [-0.05, 0) is 31.2 Å². The fourth-order valence-electron chi connectivity index (χ4n) is 3.77. The first-order chi connectivity index (χ1) is 11.1. The Kier molecular flexibility index (Phi) is 5.13. The van der Waals surface area contributed by atoms with Crippen LogP contribution in [0.3, 0.4) is 0 Å². The smallest absolute Gasteiger partial charge is 0.292 e. The molecule has 0 spiro atoms. The summed E-state index contributed by atoms with van der Waals surface area (Å²) in [6, 6.07) is 5.36. The third-order valence-electron chi connectivity index (χ3n) is 4.87. The SMILES string of the molecule is Cc1cccc([N+](=O)[O-])c1N1CCCC(CN2CCOCC2)C1. The van der Waals surface area contributed by atoms with Crippen molar-refractivity contribution in [3.05, 3.63) is 33.9 Å². The average molecular weight is 319 g/mol. The van der Waals surface area contributed by atoms with Gasteiger partial charge in [0.25, 0.3) is 5.69 Å². The van der Waals surface area contributed by atoms with Gasteiger partial charge in [-0.25, -0.2) is 0 Å². The third-order valence-corrected chi connectivity index (χ3v) is 4.87. The molecular weight excluding hydrogens is 294 g/mol. The van der Waals surface area contributed by atoms with E-state index in [2.05, 4.69) is 9.80 Å². The molecule has 0 amide bonds. The number of nitrogens with zero attached hydrogens (tertiary/aromatic N) is 3. The van der Waals surface area contributed by atoms with Crippen LogP contribution in [0, 0.1) is 23.0 Å². The predicted octanol–water partition coefficient (Wildman–Crippen LogP) is 2.45. The molecule has 2 fully saturated rings. The molecule has 1 aromatic rings. The van der Waals surface area contributed by atoms with Gasteiger partial charge in [0.2, 0.25) is 0 Å².